The number of sulfonamides is 1. The van der Waals surface area contributed by atoms with E-state index < -0.39 is 33.3 Å². The number of ketones is 2. The van der Waals surface area contributed by atoms with Crippen molar-refractivity contribution in [3.05, 3.63) is 51.3 Å². The number of benzene rings is 1. The molecule has 0 spiro atoms. The predicted molar refractivity (Wildman–Crippen MR) is 89.0 cm³/mol. The second kappa shape index (κ2) is 5.75. The fourth-order valence-corrected chi connectivity index (χ4v) is 5.42. The first-order valence-corrected chi connectivity index (χ1v) is 9.44. The molecule has 1 aliphatic carbocycles. The molecule has 0 saturated heterocycles. The molecule has 0 aliphatic heterocycles. The molecule has 1 atom stereocenters. The molecule has 23 heavy (non-hydrogen) atoms. The lowest BCUT2D eigenvalue weighted by Gasteiger charge is -2.23. The molecule has 2 N–H and O–H groups in total. The summed E-state index contributed by atoms with van der Waals surface area (Å²) in [6, 6.07) is 7.50. The Kier molecular flexibility index (Phi) is 4.05. The third-order valence-electron chi connectivity index (χ3n) is 3.32. The zero-order valence-corrected chi connectivity index (χ0v) is 14.6. The first kappa shape index (κ1) is 16.2. The highest BCUT2D eigenvalue weighted by Gasteiger charge is 2.40. The number of fused-ring (bicyclic) bond motifs is 1. The van der Waals surface area contributed by atoms with Crippen molar-refractivity contribution < 1.29 is 18.0 Å². The van der Waals surface area contributed by atoms with Crippen LogP contribution in [0.5, 0.6) is 0 Å². The van der Waals surface area contributed by atoms with Crippen LogP contribution in [0, 0.1) is 5.41 Å². The van der Waals surface area contributed by atoms with E-state index in [0.717, 1.165) is 11.3 Å². The van der Waals surface area contributed by atoms with Crippen molar-refractivity contribution in [2.24, 2.45) is 0 Å². The van der Waals surface area contributed by atoms with E-state index in [-0.39, 0.29) is 15.3 Å². The average molecular weight is 413 g/mol. The third kappa shape index (κ3) is 2.80. The smallest absolute Gasteiger partial charge is 0.251 e. The highest BCUT2D eigenvalue weighted by atomic mass is 79.9. The van der Waals surface area contributed by atoms with Crippen LogP contribution in [0.25, 0.3) is 0 Å². The molecule has 1 aliphatic rings. The fraction of sp³-hybridized carbons (Fsp3) is 0.0714. The largest absolute Gasteiger partial charge is 0.299 e. The number of nitrogens with one attached hydrogen (secondary N) is 2. The van der Waals surface area contributed by atoms with Crippen molar-refractivity contribution in [3.8, 4) is 0 Å². The van der Waals surface area contributed by atoms with Gasteiger partial charge in [-0.05, 0) is 28.1 Å². The Bertz CT molecular complexity index is 949. The number of rotatable bonds is 3. The lowest BCUT2D eigenvalue weighted by Crippen LogP contribution is -2.51. The molecule has 6 nitrogen and oxygen atoms in total. The Morgan fingerprint density at radius 3 is 2.35 bits per heavy atom. The van der Waals surface area contributed by atoms with Gasteiger partial charge in [-0.15, -0.1) is 11.3 Å². The van der Waals surface area contributed by atoms with E-state index in [2.05, 4.69) is 20.7 Å². The Morgan fingerprint density at radius 2 is 1.74 bits per heavy atom. The molecule has 2 aromatic rings. The molecular weight excluding hydrogens is 404 g/mol. The molecule has 1 aromatic carbocycles. The maximum Gasteiger partial charge on any atom is 0.251 e. The Labute approximate surface area is 144 Å². The van der Waals surface area contributed by atoms with Gasteiger partial charge in [0.2, 0.25) is 5.78 Å². The summed E-state index contributed by atoms with van der Waals surface area (Å²) >= 11 is 4.14. The number of halogens is 1. The summed E-state index contributed by atoms with van der Waals surface area (Å²) in [7, 11) is -4.01. The van der Waals surface area contributed by atoms with E-state index in [1.807, 2.05) is 0 Å². The molecule has 1 aromatic heterocycles. The van der Waals surface area contributed by atoms with Crippen LogP contribution >= 0.6 is 27.3 Å². The van der Waals surface area contributed by atoms with Gasteiger partial charge in [0.05, 0.1) is 3.79 Å². The van der Waals surface area contributed by atoms with Crippen LogP contribution in [0.1, 0.15) is 20.7 Å². The highest BCUT2D eigenvalue weighted by Crippen LogP contribution is 2.27. The summed E-state index contributed by atoms with van der Waals surface area (Å²) in [6.45, 7) is 0. The zero-order valence-electron chi connectivity index (χ0n) is 11.4. The summed E-state index contributed by atoms with van der Waals surface area (Å²) in [4.78, 5) is 24.6. The Morgan fingerprint density at radius 1 is 1.09 bits per heavy atom. The summed E-state index contributed by atoms with van der Waals surface area (Å²) in [6.07, 6.45) is 0. The molecule has 0 bridgehead atoms. The maximum atomic E-state index is 12.5. The minimum Gasteiger partial charge on any atom is -0.299 e. The minimum absolute atomic E-state index is 0.00344. The number of carbonyl (C=O) groups excluding carboxylic acids is 2. The molecule has 0 radical (unpaired) electrons. The topological polar surface area (TPSA) is 104 Å². The SMILES string of the molecule is N=C1C(=O)c2ccccc2C(=O)C1NS(=O)(=O)c1ccc(Br)s1. The number of hydrogen-bond acceptors (Lipinski definition) is 6. The van der Waals surface area contributed by atoms with Crippen molar-refractivity contribution >= 4 is 54.6 Å². The molecule has 1 unspecified atom stereocenters. The molecule has 9 heteroatoms. The van der Waals surface area contributed by atoms with Crippen molar-refractivity contribution in [1.82, 2.24) is 4.72 Å². The number of hydrogen-bond donors (Lipinski definition) is 2. The first-order chi connectivity index (χ1) is 10.8. The van der Waals surface area contributed by atoms with Crippen LogP contribution < -0.4 is 4.72 Å². The normalized spacial score (nSPS) is 18.1. The zero-order chi connectivity index (χ0) is 16.8. The standard InChI is InChI=1S/C14H9BrN2O4S2/c15-9-5-6-10(22-9)23(20,21)17-12-11(16)13(18)7-3-1-2-4-8(7)14(12)19/h1-6,12,16-17H. The van der Waals surface area contributed by atoms with E-state index in [1.54, 1.807) is 18.2 Å². The van der Waals surface area contributed by atoms with Crippen LogP contribution in [0.3, 0.4) is 0 Å². The van der Waals surface area contributed by atoms with Gasteiger partial charge < -0.3 is 0 Å². The van der Waals surface area contributed by atoms with Gasteiger partial charge >= 0.3 is 0 Å². The minimum atomic E-state index is -4.01. The summed E-state index contributed by atoms with van der Waals surface area (Å²) in [5.41, 5.74) is -0.335. The highest BCUT2D eigenvalue weighted by molar-refractivity contribution is 9.11. The summed E-state index contributed by atoms with van der Waals surface area (Å²) < 4.78 is 27.5. The van der Waals surface area contributed by atoms with Gasteiger partial charge in [0.15, 0.2) is 5.78 Å². The molecule has 0 fully saturated rings. The van der Waals surface area contributed by atoms with Gasteiger partial charge in [0.25, 0.3) is 10.0 Å². The van der Waals surface area contributed by atoms with E-state index in [4.69, 9.17) is 5.41 Å². The monoisotopic (exact) mass is 412 g/mol. The second-order valence-electron chi connectivity index (χ2n) is 4.77. The van der Waals surface area contributed by atoms with Crippen molar-refractivity contribution in [1.29, 1.82) is 5.41 Å². The Hall–Kier alpha value is -1.68. The average Bonchev–Trinajstić information content (AvgIpc) is 2.97. The van der Waals surface area contributed by atoms with Gasteiger partial charge in [-0.1, -0.05) is 24.3 Å². The van der Waals surface area contributed by atoms with Crippen LogP contribution in [0.4, 0.5) is 0 Å². The summed E-state index contributed by atoms with van der Waals surface area (Å²) in [5.74, 6) is -1.26. The molecule has 1 heterocycles. The molecule has 0 amide bonds. The van der Waals surface area contributed by atoms with Gasteiger partial charge in [0.1, 0.15) is 16.0 Å². The Balaban J connectivity index is 2.00. The van der Waals surface area contributed by atoms with Crippen LogP contribution in [-0.4, -0.2) is 31.7 Å². The lowest BCUT2D eigenvalue weighted by molar-refractivity contribution is 0.0943. The predicted octanol–water partition coefficient (Wildman–Crippen LogP) is 2.26. The molecule has 118 valence electrons. The quantitative estimate of drug-likeness (QED) is 0.806. The fourth-order valence-electron chi connectivity index (χ4n) is 2.23. The maximum absolute atomic E-state index is 12.5. The molecule has 3 rings (SSSR count). The number of carbonyl (C=O) groups is 2. The van der Waals surface area contributed by atoms with Crippen molar-refractivity contribution in [2.45, 2.75) is 10.3 Å². The molecule has 0 saturated carbocycles. The van der Waals surface area contributed by atoms with Crippen LogP contribution in [-0.2, 0) is 10.0 Å². The summed E-state index contributed by atoms with van der Waals surface area (Å²) in [5, 5.41) is 7.86. The van der Waals surface area contributed by atoms with Gasteiger partial charge in [-0.3, -0.25) is 15.0 Å². The van der Waals surface area contributed by atoms with Crippen molar-refractivity contribution in [2.75, 3.05) is 0 Å². The first-order valence-electron chi connectivity index (χ1n) is 6.35. The van der Waals surface area contributed by atoms with Gasteiger partial charge in [-0.25, -0.2) is 8.42 Å². The lowest BCUT2D eigenvalue weighted by atomic mass is 9.85. The van der Waals surface area contributed by atoms with Gasteiger partial charge in [0, 0.05) is 11.1 Å². The number of thiophene rings is 1. The van der Waals surface area contributed by atoms with Gasteiger partial charge in [-0.2, -0.15) is 4.72 Å². The van der Waals surface area contributed by atoms with Crippen LogP contribution in [0.2, 0.25) is 0 Å². The van der Waals surface area contributed by atoms with Crippen LogP contribution in [0.15, 0.2) is 44.4 Å². The van der Waals surface area contributed by atoms with Crippen molar-refractivity contribution in [3.63, 3.8) is 0 Å². The van der Waals surface area contributed by atoms with E-state index in [1.165, 1.54) is 18.2 Å². The van der Waals surface area contributed by atoms with E-state index in [9.17, 15) is 18.0 Å². The number of Topliss-reactive ketones (excluding diaryl/α,β-unsaturated/α-hetero) is 2. The molecular formula is C14H9BrN2O4S2. The van der Waals surface area contributed by atoms with E-state index in [0.29, 0.717) is 3.79 Å². The second-order valence-corrected chi connectivity index (χ2v) is 9.17. The van der Waals surface area contributed by atoms with E-state index >= 15 is 0 Å². The third-order valence-corrected chi connectivity index (χ3v) is 6.86.